The number of rotatable bonds is 5. The number of furan rings is 1. The second-order valence-corrected chi connectivity index (χ2v) is 17.9. The molecule has 0 N–H and O–H groups in total. The van der Waals surface area contributed by atoms with Crippen LogP contribution in [0.3, 0.4) is 0 Å². The zero-order chi connectivity index (χ0) is 50.3. The summed E-state index contributed by atoms with van der Waals surface area (Å²) in [4.78, 5) is 10.6. The topological polar surface area (TPSA) is 43.9 Å². The van der Waals surface area contributed by atoms with Gasteiger partial charge in [-0.2, -0.15) is 0 Å². The summed E-state index contributed by atoms with van der Waals surface area (Å²) in [6, 6.07) is 37.6. The molecule has 12 rings (SSSR count). The van der Waals surface area contributed by atoms with E-state index in [4.69, 9.17) is 124 Å². The van der Waals surface area contributed by atoms with E-state index in [0.29, 0.717) is 55.7 Å². The molecule has 0 amide bonds. The van der Waals surface area contributed by atoms with E-state index in [2.05, 4.69) is 24.3 Å². The molecular weight excluding hydrogens is 858 g/mol. The standard InChI is InChI=1S/C54H19B14N3O/c55-36-30(37(56)48(67)54(47(36)66)71-52-33(35-41(60)44(63)45(64)49(68)53(35)71)32-34(40(59)46(52)65)39(58)43(62)42(61)38(32)57)23-18-25(31-24-13-4-7-16-28(24)72-29(31)19-23)51-50(69-26-14-5-6-15-27(26)70-51)22-12-8-11-21(17-22)20-9-2-1-3-10-20/h1-19H. The first kappa shape index (κ1) is 46.2. The zero-order valence-corrected chi connectivity index (χ0v) is 38.3. The van der Waals surface area contributed by atoms with Crippen molar-refractivity contribution in [2.75, 3.05) is 0 Å². The van der Waals surface area contributed by atoms with Gasteiger partial charge >= 0.3 is 0 Å². The Kier molecular flexibility index (Phi) is 10.8. The van der Waals surface area contributed by atoms with Crippen molar-refractivity contribution in [2.24, 2.45) is 0 Å². The molecule has 298 valence electrons. The number of hydrogen-bond acceptors (Lipinski definition) is 3. The van der Waals surface area contributed by atoms with E-state index in [1.807, 2.05) is 91.0 Å². The predicted molar refractivity (Wildman–Crippen MR) is 316 cm³/mol. The van der Waals surface area contributed by atoms with Gasteiger partial charge in [-0.25, -0.2) is 9.97 Å². The van der Waals surface area contributed by atoms with Gasteiger partial charge in [0.25, 0.3) is 0 Å². The molecule has 4 nitrogen and oxygen atoms in total. The number of hydrogen-bond donors (Lipinski definition) is 0. The Morgan fingerprint density at radius 3 is 1.53 bits per heavy atom. The van der Waals surface area contributed by atoms with Crippen molar-refractivity contribution in [2.45, 2.75) is 0 Å². The van der Waals surface area contributed by atoms with E-state index in [0.717, 1.165) is 27.5 Å². The van der Waals surface area contributed by atoms with Crippen molar-refractivity contribution in [1.82, 2.24) is 14.5 Å². The lowest BCUT2D eigenvalue weighted by molar-refractivity contribution is 0.669. The Bertz CT molecular complexity index is 4370. The molecule has 0 unspecified atom stereocenters. The van der Waals surface area contributed by atoms with Crippen LogP contribution in [0.1, 0.15) is 0 Å². The van der Waals surface area contributed by atoms with Gasteiger partial charge in [0.1, 0.15) is 121 Å². The van der Waals surface area contributed by atoms with Gasteiger partial charge in [0.2, 0.25) is 0 Å². The molecule has 0 aliphatic rings. The molecule has 18 heteroatoms. The molecule has 0 bridgehead atoms. The molecule has 0 aliphatic carbocycles. The SMILES string of the molecule is [B]c1c([B])c(-n2c3c([B])c([B])c([B])c([B])c3c3c4c([B])c([B])c([B])c([B])c4c([B])c([B])c32)c([B])c([B])c1-c1cc(-c2nc3ccccc3nc2-c2cccc(-c3ccccc3)c2)c2c(c1)oc1ccccc12. The van der Waals surface area contributed by atoms with Crippen LogP contribution in [0.15, 0.2) is 120 Å². The Balaban J connectivity index is 1.17. The van der Waals surface area contributed by atoms with Crippen LogP contribution >= 0.6 is 0 Å². The molecular formula is C54H19B14N3O. The van der Waals surface area contributed by atoms with Gasteiger partial charge in [-0.1, -0.05) is 133 Å². The number of benzene rings is 9. The minimum atomic E-state index is -0.0273. The van der Waals surface area contributed by atoms with Gasteiger partial charge in [0.05, 0.1) is 22.4 Å². The molecule has 0 fully saturated rings. The van der Waals surface area contributed by atoms with Crippen molar-refractivity contribution >= 4 is 252 Å². The number of fused-ring (bicyclic) bond motifs is 9. The fraction of sp³-hybridized carbons (Fsp3) is 0. The quantitative estimate of drug-likeness (QED) is 0.181. The summed E-state index contributed by atoms with van der Waals surface area (Å²) in [7, 11) is 96.0. The van der Waals surface area contributed by atoms with Crippen molar-refractivity contribution in [3.8, 4) is 50.5 Å². The van der Waals surface area contributed by atoms with E-state index < -0.39 is 0 Å². The van der Waals surface area contributed by atoms with E-state index in [-0.39, 0.29) is 109 Å². The van der Waals surface area contributed by atoms with Crippen molar-refractivity contribution in [1.29, 1.82) is 0 Å². The van der Waals surface area contributed by atoms with Crippen molar-refractivity contribution < 1.29 is 4.42 Å². The van der Waals surface area contributed by atoms with E-state index in [1.54, 1.807) is 4.57 Å². The maximum absolute atomic E-state index is 7.26. The summed E-state index contributed by atoms with van der Waals surface area (Å²) in [5, 5.41) is 2.70. The third-order valence-corrected chi connectivity index (χ3v) is 14.0. The van der Waals surface area contributed by atoms with Gasteiger partial charge in [-0.15, -0.1) is 21.9 Å². The highest BCUT2D eigenvalue weighted by Crippen LogP contribution is 2.43. The highest BCUT2D eigenvalue weighted by molar-refractivity contribution is 6.74. The number of para-hydroxylation sites is 3. The van der Waals surface area contributed by atoms with Crippen LogP contribution in [-0.4, -0.2) is 124 Å². The fourth-order valence-electron chi connectivity index (χ4n) is 10.4. The maximum atomic E-state index is 7.26. The summed E-state index contributed by atoms with van der Waals surface area (Å²) < 4.78 is 8.20. The number of aromatic nitrogens is 3. The third kappa shape index (κ3) is 6.52. The van der Waals surface area contributed by atoms with Crippen LogP contribution in [0, 0.1) is 0 Å². The van der Waals surface area contributed by atoms with Gasteiger partial charge in [0.15, 0.2) is 0 Å². The minimum absolute atomic E-state index is 0.00138. The Morgan fingerprint density at radius 1 is 0.333 bits per heavy atom. The smallest absolute Gasteiger partial charge is 0.136 e. The van der Waals surface area contributed by atoms with E-state index >= 15 is 0 Å². The lowest BCUT2D eigenvalue weighted by atomic mass is 9.61. The molecule has 0 atom stereocenters. The second kappa shape index (κ2) is 16.8. The lowest BCUT2D eigenvalue weighted by Crippen LogP contribution is -2.50. The first-order valence-corrected chi connectivity index (χ1v) is 22.6. The summed E-state index contributed by atoms with van der Waals surface area (Å²) in [6.07, 6.45) is 0. The van der Waals surface area contributed by atoms with Crippen LogP contribution in [0.4, 0.5) is 0 Å². The number of nitrogens with zero attached hydrogens (tertiary/aromatic N) is 3. The predicted octanol–water partition coefficient (Wildman–Crippen LogP) is -2.44. The normalized spacial score (nSPS) is 11.8. The van der Waals surface area contributed by atoms with Crippen LogP contribution < -0.4 is 76.5 Å². The van der Waals surface area contributed by atoms with Crippen LogP contribution in [0.2, 0.25) is 0 Å². The molecule has 3 heterocycles. The monoisotopic (exact) mass is 879 g/mol. The van der Waals surface area contributed by atoms with Crippen LogP contribution in [-0.2, 0) is 0 Å². The fourth-order valence-corrected chi connectivity index (χ4v) is 10.4. The minimum Gasteiger partial charge on any atom is -0.456 e. The Hall–Kier alpha value is -6.91. The highest BCUT2D eigenvalue weighted by atomic mass is 16.3. The van der Waals surface area contributed by atoms with Crippen molar-refractivity contribution in [3.63, 3.8) is 0 Å². The molecule has 12 aromatic rings. The van der Waals surface area contributed by atoms with Gasteiger partial charge in [0, 0.05) is 49.4 Å². The third-order valence-electron chi connectivity index (χ3n) is 14.0. The Morgan fingerprint density at radius 2 is 0.847 bits per heavy atom. The first-order chi connectivity index (χ1) is 34.6. The van der Waals surface area contributed by atoms with E-state index in [9.17, 15) is 0 Å². The molecule has 0 spiro atoms. The lowest BCUT2D eigenvalue weighted by Gasteiger charge is -2.27. The van der Waals surface area contributed by atoms with E-state index in [1.165, 1.54) is 0 Å². The second-order valence-electron chi connectivity index (χ2n) is 17.9. The maximum Gasteiger partial charge on any atom is 0.136 e. The van der Waals surface area contributed by atoms with Gasteiger partial charge in [-0.3, -0.25) is 0 Å². The first-order valence-electron chi connectivity index (χ1n) is 22.6. The molecule has 28 radical (unpaired) electrons. The summed E-state index contributed by atoms with van der Waals surface area (Å²) in [5.41, 5.74) is 8.70. The molecule has 0 aliphatic heterocycles. The summed E-state index contributed by atoms with van der Waals surface area (Å²) >= 11 is 0. The molecule has 3 aromatic heterocycles. The molecule has 9 aromatic carbocycles. The van der Waals surface area contributed by atoms with Gasteiger partial charge in [-0.05, 0) is 69.4 Å². The van der Waals surface area contributed by atoms with Crippen LogP contribution in [0.25, 0.3) is 116 Å². The molecule has 72 heavy (non-hydrogen) atoms. The average molecular weight is 877 g/mol. The van der Waals surface area contributed by atoms with Crippen molar-refractivity contribution in [3.05, 3.63) is 115 Å². The Labute approximate surface area is 434 Å². The molecule has 0 saturated carbocycles. The average Bonchev–Trinajstić information content (AvgIpc) is 3.95. The van der Waals surface area contributed by atoms with Gasteiger partial charge < -0.3 is 8.98 Å². The highest BCUT2D eigenvalue weighted by Gasteiger charge is 2.28. The summed E-state index contributed by atoms with van der Waals surface area (Å²) in [5.74, 6) is 0. The summed E-state index contributed by atoms with van der Waals surface area (Å²) in [6.45, 7) is 0. The molecule has 0 saturated heterocycles. The largest absolute Gasteiger partial charge is 0.456 e. The van der Waals surface area contributed by atoms with Crippen LogP contribution in [0.5, 0.6) is 0 Å². The zero-order valence-electron chi connectivity index (χ0n) is 38.3.